The highest BCUT2D eigenvalue weighted by molar-refractivity contribution is 8.00. The van der Waals surface area contributed by atoms with Gasteiger partial charge in [0.25, 0.3) is 0 Å². The van der Waals surface area contributed by atoms with Gasteiger partial charge in [0.15, 0.2) is 0 Å². The van der Waals surface area contributed by atoms with Gasteiger partial charge in [0, 0.05) is 11.5 Å². The predicted molar refractivity (Wildman–Crippen MR) is 152 cm³/mol. The van der Waals surface area contributed by atoms with Gasteiger partial charge in [-0.3, -0.25) is 20.2 Å². The average Bonchev–Trinajstić information content (AvgIpc) is 3.82. The fourth-order valence-corrected chi connectivity index (χ4v) is 7.59. The molecule has 4 heterocycles. The molecule has 8 atom stereocenters. The first-order chi connectivity index (χ1) is 18.6. The van der Waals surface area contributed by atoms with Crippen molar-refractivity contribution in [1.82, 2.24) is 21.3 Å². The van der Waals surface area contributed by atoms with Crippen molar-refractivity contribution in [3.05, 3.63) is 71.8 Å². The van der Waals surface area contributed by atoms with Gasteiger partial charge in [0.1, 0.15) is 12.1 Å². The third-order valence-corrected chi connectivity index (χ3v) is 9.60. The van der Waals surface area contributed by atoms with E-state index in [1.54, 1.807) is 23.5 Å². The summed E-state index contributed by atoms with van der Waals surface area (Å²) in [5.74, 6) is 1.33. The zero-order chi connectivity index (χ0) is 26.5. The van der Waals surface area contributed by atoms with Gasteiger partial charge in [-0.2, -0.15) is 0 Å². The Hall–Kier alpha value is -2.08. The number of nitrogens with one attached hydrogen (secondary N) is 4. The Bertz CT molecular complexity index is 994. The number of esters is 2. The molecule has 0 amide bonds. The summed E-state index contributed by atoms with van der Waals surface area (Å²) in [4.78, 5) is 23.3. The Balaban J connectivity index is 0.000000155. The Kier molecular flexibility index (Phi) is 9.29. The summed E-state index contributed by atoms with van der Waals surface area (Å²) in [6, 6.07) is 22.2. The summed E-state index contributed by atoms with van der Waals surface area (Å²) in [6.07, 6.45) is 0. The standard InChI is InChI=1S/2C14H18N2O2S/c2*1-2-18-14(17)10-8-19-13(15-10)12-11(16-12)9-6-4-3-5-7-9/h2*3-7,10-13,15-16H,2,8H2,1H3/t10-,11+,12-,13?;10-,11-,12+,13?/m00/s1. The lowest BCUT2D eigenvalue weighted by Gasteiger charge is -2.11. The Morgan fingerprint density at radius 3 is 1.45 bits per heavy atom. The summed E-state index contributed by atoms with van der Waals surface area (Å²) in [5.41, 5.74) is 2.63. The van der Waals surface area contributed by atoms with Crippen LogP contribution in [-0.4, -0.2) is 71.6 Å². The van der Waals surface area contributed by atoms with Crippen molar-refractivity contribution in [2.75, 3.05) is 24.7 Å². The molecule has 0 radical (unpaired) electrons. The normalized spacial score (nSPS) is 33.1. The van der Waals surface area contributed by atoms with Gasteiger partial charge in [-0.15, -0.1) is 23.5 Å². The SMILES string of the molecule is CCOC(=O)[C@@H]1CSC([C@@H]2N[C@H]2c2ccccc2)N1.CCOC(=O)[C@@H]1CSC([C@H]2N[C@@H]2c2ccccc2)N1. The first kappa shape index (κ1) is 27.5. The highest BCUT2D eigenvalue weighted by Gasteiger charge is 2.48. The van der Waals surface area contributed by atoms with Gasteiger partial charge in [-0.05, 0) is 25.0 Å². The maximum atomic E-state index is 11.7. The lowest BCUT2D eigenvalue weighted by Crippen LogP contribution is -2.40. The van der Waals surface area contributed by atoms with Gasteiger partial charge in [0.2, 0.25) is 0 Å². The minimum Gasteiger partial charge on any atom is -0.465 e. The third kappa shape index (κ3) is 6.73. The summed E-state index contributed by atoms with van der Waals surface area (Å²) in [7, 11) is 0. The molecule has 2 unspecified atom stereocenters. The van der Waals surface area contributed by atoms with Crippen LogP contribution < -0.4 is 21.3 Å². The van der Waals surface area contributed by atoms with E-state index in [4.69, 9.17) is 9.47 Å². The van der Waals surface area contributed by atoms with E-state index in [0.29, 0.717) is 48.1 Å². The highest BCUT2D eigenvalue weighted by atomic mass is 32.2. The molecule has 4 fully saturated rings. The molecule has 4 aliphatic heterocycles. The van der Waals surface area contributed by atoms with Crippen LogP contribution in [0.15, 0.2) is 60.7 Å². The molecule has 4 N–H and O–H groups in total. The molecule has 8 nitrogen and oxygen atoms in total. The van der Waals surface area contributed by atoms with Crippen LogP contribution >= 0.6 is 23.5 Å². The van der Waals surface area contributed by atoms with Gasteiger partial charge in [0.05, 0.1) is 48.1 Å². The van der Waals surface area contributed by atoms with E-state index in [2.05, 4.69) is 69.8 Å². The maximum absolute atomic E-state index is 11.7. The predicted octanol–water partition coefficient (Wildman–Crippen LogP) is 2.59. The molecule has 0 aromatic heterocycles. The molecule has 4 aliphatic rings. The number of benzene rings is 2. The zero-order valence-electron chi connectivity index (χ0n) is 21.7. The molecule has 0 bridgehead atoms. The quantitative estimate of drug-likeness (QED) is 0.285. The number of hydrogen-bond donors (Lipinski definition) is 4. The van der Waals surface area contributed by atoms with Gasteiger partial charge < -0.3 is 20.1 Å². The fourth-order valence-electron chi connectivity index (χ4n) is 4.92. The monoisotopic (exact) mass is 556 g/mol. The molecule has 204 valence electrons. The van der Waals surface area contributed by atoms with Gasteiger partial charge in [-0.1, -0.05) is 60.7 Å². The van der Waals surface area contributed by atoms with Crippen LogP contribution in [-0.2, 0) is 19.1 Å². The zero-order valence-corrected chi connectivity index (χ0v) is 23.3. The van der Waals surface area contributed by atoms with Crippen molar-refractivity contribution in [2.45, 2.75) is 60.8 Å². The third-order valence-electron chi connectivity index (χ3n) is 6.97. The van der Waals surface area contributed by atoms with Crippen molar-refractivity contribution in [2.24, 2.45) is 0 Å². The van der Waals surface area contributed by atoms with Crippen LogP contribution in [0.1, 0.15) is 37.1 Å². The van der Waals surface area contributed by atoms with Crippen LogP contribution in [0.2, 0.25) is 0 Å². The molecule has 6 rings (SSSR count). The molecule has 10 heteroatoms. The number of carbonyl (C=O) groups excluding carboxylic acids is 2. The van der Waals surface area contributed by atoms with Crippen LogP contribution in [0.3, 0.4) is 0 Å². The number of hydrogen-bond acceptors (Lipinski definition) is 10. The molecular formula is C28H36N4O4S2. The van der Waals surface area contributed by atoms with Crippen LogP contribution in [0, 0.1) is 0 Å². The summed E-state index contributed by atoms with van der Waals surface area (Å²) in [6.45, 7) is 4.57. The fraction of sp³-hybridized carbons (Fsp3) is 0.500. The van der Waals surface area contributed by atoms with Crippen LogP contribution in [0.4, 0.5) is 0 Å². The summed E-state index contributed by atoms with van der Waals surface area (Å²) < 4.78 is 10.1. The lowest BCUT2D eigenvalue weighted by molar-refractivity contribution is -0.145. The summed E-state index contributed by atoms with van der Waals surface area (Å²) >= 11 is 3.60. The minimum absolute atomic E-state index is 0.130. The van der Waals surface area contributed by atoms with E-state index in [9.17, 15) is 9.59 Å². The second-order valence-electron chi connectivity index (χ2n) is 9.61. The molecule has 4 saturated heterocycles. The van der Waals surface area contributed by atoms with Gasteiger partial charge >= 0.3 is 11.9 Å². The molecular weight excluding hydrogens is 520 g/mol. The second-order valence-corrected chi connectivity index (χ2v) is 12.0. The van der Waals surface area contributed by atoms with E-state index >= 15 is 0 Å². The Morgan fingerprint density at radius 2 is 1.08 bits per heavy atom. The summed E-state index contributed by atoms with van der Waals surface area (Å²) in [5, 5.41) is 14.3. The van der Waals surface area contributed by atoms with E-state index < -0.39 is 0 Å². The Morgan fingerprint density at radius 1 is 0.684 bits per heavy atom. The van der Waals surface area contributed by atoms with Crippen LogP contribution in [0.5, 0.6) is 0 Å². The van der Waals surface area contributed by atoms with Crippen molar-refractivity contribution >= 4 is 35.5 Å². The van der Waals surface area contributed by atoms with Crippen LogP contribution in [0.25, 0.3) is 0 Å². The minimum atomic E-state index is -0.159. The number of ether oxygens (including phenoxy) is 2. The maximum Gasteiger partial charge on any atom is 0.324 e. The highest BCUT2D eigenvalue weighted by Crippen LogP contribution is 2.39. The van der Waals surface area contributed by atoms with Crippen molar-refractivity contribution in [3.63, 3.8) is 0 Å². The van der Waals surface area contributed by atoms with Gasteiger partial charge in [-0.25, -0.2) is 0 Å². The van der Waals surface area contributed by atoms with Crippen molar-refractivity contribution in [3.8, 4) is 0 Å². The smallest absolute Gasteiger partial charge is 0.324 e. The Labute approximate surface area is 232 Å². The van der Waals surface area contributed by atoms with E-state index in [1.807, 2.05) is 26.0 Å². The molecule has 2 aromatic rings. The topological polar surface area (TPSA) is 121 Å². The van der Waals surface area contributed by atoms with E-state index in [0.717, 1.165) is 11.5 Å². The second kappa shape index (κ2) is 12.8. The number of carbonyl (C=O) groups is 2. The first-order valence-corrected chi connectivity index (χ1v) is 15.4. The van der Waals surface area contributed by atoms with E-state index in [1.165, 1.54) is 11.1 Å². The molecule has 2 aromatic carbocycles. The van der Waals surface area contributed by atoms with Crippen molar-refractivity contribution < 1.29 is 19.1 Å². The van der Waals surface area contributed by atoms with Crippen molar-refractivity contribution in [1.29, 1.82) is 0 Å². The number of thioether (sulfide) groups is 2. The lowest BCUT2D eigenvalue weighted by atomic mass is 10.1. The molecule has 0 spiro atoms. The van der Waals surface area contributed by atoms with E-state index in [-0.39, 0.29) is 24.0 Å². The largest absolute Gasteiger partial charge is 0.465 e. The average molecular weight is 557 g/mol. The molecule has 38 heavy (non-hydrogen) atoms. The number of rotatable bonds is 8. The molecule has 0 saturated carbocycles. The first-order valence-electron chi connectivity index (χ1n) is 13.3. The molecule has 0 aliphatic carbocycles.